The number of carbonyl (C=O) groups excluding carboxylic acids is 1. The first-order valence-electron chi connectivity index (χ1n) is 7.20. The Morgan fingerprint density at radius 3 is 3.10 bits per heavy atom. The van der Waals surface area contributed by atoms with Crippen LogP contribution in [-0.2, 0) is 11.3 Å². The number of likely N-dealkylation sites (tertiary alicyclic amines) is 1. The molecule has 0 unspecified atom stereocenters. The summed E-state index contributed by atoms with van der Waals surface area (Å²) in [5.41, 5.74) is 0.430. The molecule has 3 rings (SSSR count). The maximum Gasteiger partial charge on any atom is 0.276 e. The summed E-state index contributed by atoms with van der Waals surface area (Å²) in [7, 11) is 2.09. The Hall–Kier alpha value is -1.47. The summed E-state index contributed by atoms with van der Waals surface area (Å²) in [6.07, 6.45) is 2.84. The minimum atomic E-state index is -0.0428. The van der Waals surface area contributed by atoms with Crippen molar-refractivity contribution in [3.8, 4) is 0 Å². The van der Waals surface area contributed by atoms with E-state index >= 15 is 0 Å². The van der Waals surface area contributed by atoms with Crippen LogP contribution in [0.15, 0.2) is 6.20 Å². The highest BCUT2D eigenvalue weighted by molar-refractivity contribution is 5.92. The van der Waals surface area contributed by atoms with Crippen LogP contribution in [0.3, 0.4) is 0 Å². The number of aromatic nitrogens is 3. The van der Waals surface area contributed by atoms with Crippen molar-refractivity contribution in [3.05, 3.63) is 11.9 Å². The van der Waals surface area contributed by atoms with Crippen molar-refractivity contribution < 1.29 is 9.53 Å². The molecule has 2 aliphatic heterocycles. The number of rotatable bonds is 3. The van der Waals surface area contributed by atoms with Crippen LogP contribution in [0.1, 0.15) is 23.8 Å². The number of morpholine rings is 1. The number of likely N-dealkylation sites (N-methyl/N-ethyl adjacent to an activating group) is 1. The molecule has 0 radical (unpaired) electrons. The molecule has 0 aliphatic carbocycles. The van der Waals surface area contributed by atoms with Gasteiger partial charge in [-0.2, -0.15) is 0 Å². The van der Waals surface area contributed by atoms with Crippen LogP contribution in [0.5, 0.6) is 0 Å². The first-order chi connectivity index (χ1) is 9.69. The van der Waals surface area contributed by atoms with Crippen LogP contribution in [0, 0.1) is 0 Å². The van der Waals surface area contributed by atoms with Crippen molar-refractivity contribution in [2.45, 2.75) is 32.0 Å². The van der Waals surface area contributed by atoms with Gasteiger partial charge in [0.1, 0.15) is 0 Å². The molecular weight excluding hydrogens is 258 g/mol. The van der Waals surface area contributed by atoms with E-state index < -0.39 is 0 Å². The quantitative estimate of drug-likeness (QED) is 0.769. The van der Waals surface area contributed by atoms with Gasteiger partial charge in [0.05, 0.1) is 24.9 Å². The number of hydrogen-bond donors (Lipinski definition) is 0. The fourth-order valence-corrected chi connectivity index (χ4v) is 2.92. The summed E-state index contributed by atoms with van der Waals surface area (Å²) in [4.78, 5) is 16.6. The molecule has 1 aromatic rings. The monoisotopic (exact) mass is 279 g/mol. The number of hydrogen-bond acceptors (Lipinski definition) is 5. The molecule has 2 atom stereocenters. The van der Waals surface area contributed by atoms with Gasteiger partial charge in [0.15, 0.2) is 5.69 Å². The predicted molar refractivity (Wildman–Crippen MR) is 72.4 cm³/mol. The molecular formula is C13H21N5O2. The Balaban J connectivity index is 1.68. The van der Waals surface area contributed by atoms with E-state index in [2.05, 4.69) is 29.2 Å². The Labute approximate surface area is 118 Å². The van der Waals surface area contributed by atoms with Gasteiger partial charge in [0, 0.05) is 26.2 Å². The van der Waals surface area contributed by atoms with E-state index in [-0.39, 0.29) is 12.0 Å². The van der Waals surface area contributed by atoms with Gasteiger partial charge in [-0.15, -0.1) is 5.10 Å². The Kier molecular flexibility index (Phi) is 3.71. The molecule has 3 heterocycles. The number of ether oxygens (including phenoxy) is 1. The Morgan fingerprint density at radius 2 is 2.35 bits per heavy atom. The lowest BCUT2D eigenvalue weighted by atomic mass is 10.1. The molecule has 110 valence electrons. The Morgan fingerprint density at radius 1 is 1.50 bits per heavy atom. The largest absolute Gasteiger partial charge is 0.373 e. The van der Waals surface area contributed by atoms with Gasteiger partial charge < -0.3 is 9.64 Å². The standard InChI is InChI=1S/C13H21N5O2/c1-3-4-18-7-10(14-15-18)13(19)17-8-11-12(9-17)20-6-5-16(11)2/h7,11-12H,3-6,8-9H2,1-2H3/t11-,12+/m0/s1. The summed E-state index contributed by atoms with van der Waals surface area (Å²) in [6.45, 7) is 5.89. The number of carbonyl (C=O) groups is 1. The Bertz CT molecular complexity index is 489. The lowest BCUT2D eigenvalue weighted by Crippen LogP contribution is -2.48. The van der Waals surface area contributed by atoms with E-state index in [9.17, 15) is 4.79 Å². The van der Waals surface area contributed by atoms with Crippen molar-refractivity contribution in [3.63, 3.8) is 0 Å². The van der Waals surface area contributed by atoms with E-state index in [4.69, 9.17) is 4.74 Å². The van der Waals surface area contributed by atoms with Gasteiger partial charge in [0.25, 0.3) is 5.91 Å². The van der Waals surface area contributed by atoms with Gasteiger partial charge >= 0.3 is 0 Å². The summed E-state index contributed by atoms with van der Waals surface area (Å²) < 4.78 is 7.48. The number of aryl methyl sites for hydroxylation is 1. The molecule has 2 saturated heterocycles. The van der Waals surface area contributed by atoms with Gasteiger partial charge in [-0.25, -0.2) is 0 Å². The zero-order chi connectivity index (χ0) is 14.1. The molecule has 2 fully saturated rings. The van der Waals surface area contributed by atoms with E-state index in [0.717, 1.165) is 26.1 Å². The molecule has 0 aromatic carbocycles. The molecule has 0 saturated carbocycles. The molecule has 7 nitrogen and oxygen atoms in total. The second-order valence-electron chi connectivity index (χ2n) is 5.53. The highest BCUT2D eigenvalue weighted by Gasteiger charge is 2.41. The summed E-state index contributed by atoms with van der Waals surface area (Å²) in [6, 6.07) is 0.304. The zero-order valence-electron chi connectivity index (χ0n) is 12.0. The minimum Gasteiger partial charge on any atom is -0.373 e. The first kappa shape index (κ1) is 13.5. The second kappa shape index (κ2) is 5.49. The summed E-state index contributed by atoms with van der Waals surface area (Å²) >= 11 is 0. The zero-order valence-corrected chi connectivity index (χ0v) is 12.0. The van der Waals surface area contributed by atoms with Crippen LogP contribution >= 0.6 is 0 Å². The maximum absolute atomic E-state index is 12.5. The lowest BCUT2D eigenvalue weighted by Gasteiger charge is -2.33. The fourth-order valence-electron chi connectivity index (χ4n) is 2.92. The SMILES string of the molecule is CCCn1cc(C(=O)N2C[C@H]3OCCN(C)[C@H]3C2)nn1. The van der Waals surface area contributed by atoms with E-state index in [1.54, 1.807) is 10.9 Å². The average Bonchev–Trinajstić information content (AvgIpc) is 3.05. The van der Waals surface area contributed by atoms with E-state index in [1.807, 2.05) is 4.90 Å². The van der Waals surface area contributed by atoms with E-state index in [1.165, 1.54) is 0 Å². The molecule has 7 heteroatoms. The number of nitrogens with zero attached hydrogens (tertiary/aromatic N) is 5. The fraction of sp³-hybridized carbons (Fsp3) is 0.769. The second-order valence-corrected chi connectivity index (χ2v) is 5.53. The maximum atomic E-state index is 12.5. The number of amides is 1. The van der Waals surface area contributed by atoms with Crippen molar-refractivity contribution in [1.82, 2.24) is 24.8 Å². The molecule has 1 amide bonds. The van der Waals surface area contributed by atoms with Gasteiger partial charge in [0.2, 0.25) is 0 Å². The van der Waals surface area contributed by atoms with Crippen LogP contribution < -0.4 is 0 Å². The van der Waals surface area contributed by atoms with Crippen LogP contribution in [0.25, 0.3) is 0 Å². The minimum absolute atomic E-state index is 0.0428. The van der Waals surface area contributed by atoms with Crippen molar-refractivity contribution in [2.24, 2.45) is 0 Å². The molecule has 20 heavy (non-hydrogen) atoms. The van der Waals surface area contributed by atoms with Gasteiger partial charge in [-0.1, -0.05) is 12.1 Å². The average molecular weight is 279 g/mol. The van der Waals surface area contributed by atoms with Crippen LogP contribution in [0.4, 0.5) is 0 Å². The summed E-state index contributed by atoms with van der Waals surface area (Å²) in [5.74, 6) is -0.0428. The lowest BCUT2D eigenvalue weighted by molar-refractivity contribution is -0.0368. The highest BCUT2D eigenvalue weighted by atomic mass is 16.5. The third kappa shape index (κ3) is 2.43. The highest BCUT2D eigenvalue weighted by Crippen LogP contribution is 2.22. The van der Waals surface area contributed by atoms with Crippen molar-refractivity contribution in [1.29, 1.82) is 0 Å². The van der Waals surface area contributed by atoms with Crippen LogP contribution in [0.2, 0.25) is 0 Å². The van der Waals surface area contributed by atoms with Gasteiger partial charge in [-0.3, -0.25) is 14.4 Å². The topological polar surface area (TPSA) is 63.5 Å². The predicted octanol–water partition coefficient (Wildman–Crippen LogP) is -0.157. The van der Waals surface area contributed by atoms with E-state index in [0.29, 0.717) is 24.8 Å². The molecule has 1 aromatic heterocycles. The summed E-state index contributed by atoms with van der Waals surface area (Å²) in [5, 5.41) is 7.96. The molecule has 0 N–H and O–H groups in total. The number of fused-ring (bicyclic) bond motifs is 1. The van der Waals surface area contributed by atoms with Gasteiger partial charge in [-0.05, 0) is 13.5 Å². The third-order valence-corrected chi connectivity index (χ3v) is 4.08. The molecule has 2 aliphatic rings. The van der Waals surface area contributed by atoms with Crippen molar-refractivity contribution >= 4 is 5.91 Å². The molecule has 0 bridgehead atoms. The van der Waals surface area contributed by atoms with Crippen molar-refractivity contribution in [2.75, 3.05) is 33.3 Å². The first-order valence-corrected chi connectivity index (χ1v) is 7.20. The third-order valence-electron chi connectivity index (χ3n) is 4.08. The normalized spacial score (nSPS) is 26.8. The smallest absolute Gasteiger partial charge is 0.276 e. The van der Waals surface area contributed by atoms with Crippen LogP contribution in [-0.4, -0.2) is 76.1 Å². The molecule has 0 spiro atoms.